The van der Waals surface area contributed by atoms with Gasteiger partial charge < -0.3 is 10.1 Å². The standard InChI is InChI=1S/C24H24N2O3/c1-16-7-2-3-8-17(16)13-14-25-22(27)15-29-24(28)23-18-9-4-5-11-20(18)26-21-12-6-10-19(21)23/h2-5,7-9,11H,6,10,12-15H2,1H3,(H,25,27). The van der Waals surface area contributed by atoms with E-state index in [2.05, 4.69) is 29.4 Å². The van der Waals surface area contributed by atoms with Crippen LogP contribution in [-0.2, 0) is 28.8 Å². The van der Waals surface area contributed by atoms with Crippen molar-refractivity contribution in [3.63, 3.8) is 0 Å². The number of hydrogen-bond acceptors (Lipinski definition) is 4. The van der Waals surface area contributed by atoms with Gasteiger partial charge in [0, 0.05) is 17.6 Å². The first-order chi connectivity index (χ1) is 14.1. The average Bonchev–Trinajstić information content (AvgIpc) is 3.19. The minimum Gasteiger partial charge on any atom is -0.452 e. The first kappa shape index (κ1) is 19.1. The molecule has 0 saturated carbocycles. The third kappa shape index (κ3) is 4.14. The number of carbonyl (C=O) groups excluding carboxylic acids is 2. The van der Waals surface area contributed by atoms with Gasteiger partial charge in [0.2, 0.25) is 0 Å². The molecule has 0 unspecified atom stereocenters. The molecule has 1 N–H and O–H groups in total. The maximum absolute atomic E-state index is 12.8. The number of rotatable bonds is 6. The lowest BCUT2D eigenvalue weighted by atomic mass is 10.0. The number of aromatic nitrogens is 1. The molecular weight excluding hydrogens is 364 g/mol. The lowest BCUT2D eigenvalue weighted by Crippen LogP contribution is -2.30. The highest BCUT2D eigenvalue weighted by Crippen LogP contribution is 2.30. The number of esters is 1. The summed E-state index contributed by atoms with van der Waals surface area (Å²) in [6, 6.07) is 15.7. The molecule has 3 aromatic rings. The second kappa shape index (κ2) is 8.43. The second-order valence-electron chi connectivity index (χ2n) is 7.39. The number of nitrogens with zero attached hydrogens (tertiary/aromatic N) is 1. The Bertz CT molecular complexity index is 1070. The van der Waals surface area contributed by atoms with Crippen molar-refractivity contribution in [3.05, 3.63) is 76.5 Å². The Kier molecular flexibility index (Phi) is 5.56. The lowest BCUT2D eigenvalue weighted by Gasteiger charge is -2.12. The van der Waals surface area contributed by atoms with Crippen molar-refractivity contribution >= 4 is 22.8 Å². The van der Waals surface area contributed by atoms with Crippen molar-refractivity contribution < 1.29 is 14.3 Å². The van der Waals surface area contributed by atoms with Crippen molar-refractivity contribution in [2.75, 3.05) is 13.2 Å². The Hall–Kier alpha value is -3.21. The van der Waals surface area contributed by atoms with Crippen LogP contribution in [0.4, 0.5) is 0 Å². The number of amides is 1. The predicted molar refractivity (Wildman–Crippen MR) is 112 cm³/mol. The van der Waals surface area contributed by atoms with Gasteiger partial charge in [-0.1, -0.05) is 42.5 Å². The number of nitrogens with one attached hydrogen (secondary N) is 1. The topological polar surface area (TPSA) is 68.3 Å². The van der Waals surface area contributed by atoms with Crippen molar-refractivity contribution in [1.29, 1.82) is 0 Å². The van der Waals surface area contributed by atoms with E-state index in [1.165, 1.54) is 11.1 Å². The van der Waals surface area contributed by atoms with Crippen LogP contribution in [0.15, 0.2) is 48.5 Å². The van der Waals surface area contributed by atoms with Crippen LogP contribution in [0.2, 0.25) is 0 Å². The highest BCUT2D eigenvalue weighted by atomic mass is 16.5. The van der Waals surface area contributed by atoms with Gasteiger partial charge in [-0.15, -0.1) is 0 Å². The van der Waals surface area contributed by atoms with Gasteiger partial charge in [-0.3, -0.25) is 9.78 Å². The summed E-state index contributed by atoms with van der Waals surface area (Å²) in [5.41, 5.74) is 5.70. The SMILES string of the molecule is Cc1ccccc1CCNC(=O)COC(=O)c1c2c(nc3ccccc13)CCC2. The summed E-state index contributed by atoms with van der Waals surface area (Å²) in [5, 5.41) is 3.62. The van der Waals surface area contributed by atoms with E-state index in [1.807, 2.05) is 36.4 Å². The van der Waals surface area contributed by atoms with Crippen LogP contribution in [0.5, 0.6) is 0 Å². The van der Waals surface area contributed by atoms with Crippen LogP contribution in [-0.4, -0.2) is 30.0 Å². The summed E-state index contributed by atoms with van der Waals surface area (Å²) >= 11 is 0. The maximum Gasteiger partial charge on any atom is 0.339 e. The zero-order valence-electron chi connectivity index (χ0n) is 16.5. The third-order valence-corrected chi connectivity index (χ3v) is 5.44. The van der Waals surface area contributed by atoms with Gasteiger partial charge in [0.25, 0.3) is 5.91 Å². The fourth-order valence-corrected chi connectivity index (χ4v) is 3.93. The monoisotopic (exact) mass is 388 g/mol. The summed E-state index contributed by atoms with van der Waals surface area (Å²) in [6.45, 7) is 2.28. The normalized spacial score (nSPS) is 12.6. The van der Waals surface area contributed by atoms with Gasteiger partial charge in [0.1, 0.15) is 0 Å². The largest absolute Gasteiger partial charge is 0.452 e. The number of para-hydroxylation sites is 1. The molecular formula is C24H24N2O3. The first-order valence-electron chi connectivity index (χ1n) is 10.0. The van der Waals surface area contributed by atoms with Gasteiger partial charge >= 0.3 is 5.97 Å². The molecule has 1 aliphatic rings. The van der Waals surface area contributed by atoms with E-state index in [0.717, 1.165) is 47.8 Å². The Labute approximate surface area is 170 Å². The van der Waals surface area contributed by atoms with E-state index in [-0.39, 0.29) is 12.5 Å². The summed E-state index contributed by atoms with van der Waals surface area (Å²) in [4.78, 5) is 29.7. The van der Waals surface area contributed by atoms with E-state index in [0.29, 0.717) is 12.1 Å². The van der Waals surface area contributed by atoms with Crippen molar-refractivity contribution in [3.8, 4) is 0 Å². The van der Waals surface area contributed by atoms with E-state index in [9.17, 15) is 9.59 Å². The molecule has 0 radical (unpaired) electrons. The fraction of sp³-hybridized carbons (Fsp3) is 0.292. The first-order valence-corrected chi connectivity index (χ1v) is 10.0. The van der Waals surface area contributed by atoms with Crippen LogP contribution >= 0.6 is 0 Å². The molecule has 1 heterocycles. The molecule has 4 rings (SSSR count). The zero-order chi connectivity index (χ0) is 20.2. The summed E-state index contributed by atoms with van der Waals surface area (Å²) in [7, 11) is 0. The molecule has 0 atom stereocenters. The van der Waals surface area contributed by atoms with E-state index >= 15 is 0 Å². The number of carbonyl (C=O) groups is 2. The van der Waals surface area contributed by atoms with Crippen LogP contribution in [0, 0.1) is 6.92 Å². The molecule has 0 saturated heterocycles. The Morgan fingerprint density at radius 2 is 1.86 bits per heavy atom. The molecule has 5 nitrogen and oxygen atoms in total. The van der Waals surface area contributed by atoms with E-state index < -0.39 is 5.97 Å². The van der Waals surface area contributed by atoms with Crippen LogP contribution < -0.4 is 5.32 Å². The van der Waals surface area contributed by atoms with Crippen molar-refractivity contribution in [2.45, 2.75) is 32.6 Å². The summed E-state index contributed by atoms with van der Waals surface area (Å²) in [6.07, 6.45) is 3.42. The molecule has 0 fully saturated rings. The van der Waals surface area contributed by atoms with E-state index in [1.54, 1.807) is 0 Å². The third-order valence-electron chi connectivity index (χ3n) is 5.44. The molecule has 2 aromatic carbocycles. The molecule has 0 aliphatic heterocycles. The number of ether oxygens (including phenoxy) is 1. The van der Waals surface area contributed by atoms with Gasteiger partial charge in [-0.25, -0.2) is 4.79 Å². The van der Waals surface area contributed by atoms with Gasteiger partial charge in [0.15, 0.2) is 6.61 Å². The van der Waals surface area contributed by atoms with Crippen LogP contribution in [0.3, 0.4) is 0 Å². The Balaban J connectivity index is 1.39. The number of fused-ring (bicyclic) bond motifs is 2. The highest BCUT2D eigenvalue weighted by molar-refractivity contribution is 6.05. The average molecular weight is 388 g/mol. The Morgan fingerprint density at radius 3 is 2.72 bits per heavy atom. The summed E-state index contributed by atoms with van der Waals surface area (Å²) in [5.74, 6) is -0.738. The highest BCUT2D eigenvalue weighted by Gasteiger charge is 2.25. The maximum atomic E-state index is 12.8. The molecule has 5 heteroatoms. The number of pyridine rings is 1. The molecule has 1 amide bonds. The smallest absolute Gasteiger partial charge is 0.339 e. The summed E-state index contributed by atoms with van der Waals surface area (Å²) < 4.78 is 5.37. The molecule has 29 heavy (non-hydrogen) atoms. The second-order valence-corrected chi connectivity index (χ2v) is 7.39. The molecule has 148 valence electrons. The van der Waals surface area contributed by atoms with Crippen LogP contribution in [0.1, 0.15) is 39.2 Å². The minimum atomic E-state index is -0.448. The van der Waals surface area contributed by atoms with Gasteiger partial charge in [-0.05, 0) is 55.4 Å². The molecule has 1 aromatic heterocycles. The number of hydrogen-bond donors (Lipinski definition) is 1. The Morgan fingerprint density at radius 1 is 1.07 bits per heavy atom. The molecule has 1 aliphatic carbocycles. The van der Waals surface area contributed by atoms with Crippen LogP contribution in [0.25, 0.3) is 10.9 Å². The van der Waals surface area contributed by atoms with Gasteiger partial charge in [0.05, 0.1) is 11.1 Å². The number of aryl methyl sites for hydroxylation is 2. The number of benzene rings is 2. The fourth-order valence-electron chi connectivity index (χ4n) is 3.93. The lowest BCUT2D eigenvalue weighted by molar-refractivity contribution is -0.124. The van der Waals surface area contributed by atoms with Gasteiger partial charge in [-0.2, -0.15) is 0 Å². The molecule has 0 bridgehead atoms. The van der Waals surface area contributed by atoms with Crippen molar-refractivity contribution in [2.24, 2.45) is 0 Å². The van der Waals surface area contributed by atoms with Crippen molar-refractivity contribution in [1.82, 2.24) is 10.3 Å². The minimum absolute atomic E-state index is 0.280. The molecule has 0 spiro atoms. The van der Waals surface area contributed by atoms with E-state index in [4.69, 9.17) is 4.74 Å². The quantitative estimate of drug-likeness (QED) is 0.656. The zero-order valence-corrected chi connectivity index (χ0v) is 16.5. The predicted octanol–water partition coefficient (Wildman–Crippen LogP) is 3.55.